The molecule has 156 valence electrons. The van der Waals surface area contributed by atoms with E-state index in [0.717, 1.165) is 33.0 Å². The zero-order valence-electron chi connectivity index (χ0n) is 17.6. The summed E-state index contributed by atoms with van der Waals surface area (Å²) in [6.07, 6.45) is 0. The second kappa shape index (κ2) is 10.1. The van der Waals surface area contributed by atoms with Crippen LogP contribution in [0.25, 0.3) is 10.2 Å². The summed E-state index contributed by atoms with van der Waals surface area (Å²) in [6, 6.07) is 12.0. The molecular weight excluding hydrogens is 406 g/mol. The summed E-state index contributed by atoms with van der Waals surface area (Å²) in [6.45, 7) is 7.46. The maximum Gasteiger partial charge on any atom is 0.266 e. The summed E-state index contributed by atoms with van der Waals surface area (Å²) in [4.78, 5) is 21.6. The summed E-state index contributed by atoms with van der Waals surface area (Å²) >= 11 is 1.56. The lowest BCUT2D eigenvalue weighted by molar-refractivity contribution is -0.120. The number of amides is 1. The minimum absolute atomic E-state index is 0. The van der Waals surface area contributed by atoms with Crippen molar-refractivity contribution in [3.8, 4) is 5.75 Å². The van der Waals surface area contributed by atoms with E-state index in [0.29, 0.717) is 12.3 Å². The van der Waals surface area contributed by atoms with Gasteiger partial charge >= 0.3 is 0 Å². The molecule has 0 saturated heterocycles. The highest BCUT2D eigenvalue weighted by atomic mass is 35.5. The van der Waals surface area contributed by atoms with E-state index in [2.05, 4.69) is 30.9 Å². The van der Waals surface area contributed by atoms with Gasteiger partial charge in [-0.25, -0.2) is 4.98 Å². The maximum atomic E-state index is 13.0. The van der Waals surface area contributed by atoms with Gasteiger partial charge in [0.2, 0.25) is 0 Å². The Bertz CT molecular complexity index is 987. The molecule has 1 amide bonds. The summed E-state index contributed by atoms with van der Waals surface area (Å²) in [7, 11) is 4.00. The largest absolute Gasteiger partial charge is 0.484 e. The molecule has 0 aliphatic rings. The number of carbonyl (C=O) groups is 1. The normalized spacial score (nSPS) is 10.8. The summed E-state index contributed by atoms with van der Waals surface area (Å²) < 4.78 is 6.85. The number of rotatable bonds is 7. The molecule has 0 aliphatic carbocycles. The van der Waals surface area contributed by atoms with Gasteiger partial charge in [-0.05, 0) is 69.8 Å². The van der Waals surface area contributed by atoms with Crippen LogP contribution in [0, 0.1) is 20.8 Å². The number of nitrogens with zero attached hydrogens (tertiary/aromatic N) is 3. The van der Waals surface area contributed by atoms with Gasteiger partial charge in [0, 0.05) is 13.1 Å². The van der Waals surface area contributed by atoms with Crippen molar-refractivity contribution in [3.05, 3.63) is 53.1 Å². The van der Waals surface area contributed by atoms with Gasteiger partial charge < -0.3 is 9.64 Å². The molecule has 7 heteroatoms. The Labute approximate surface area is 182 Å². The molecule has 0 atom stereocenters. The van der Waals surface area contributed by atoms with Gasteiger partial charge in [0.1, 0.15) is 5.75 Å². The average Bonchev–Trinajstić information content (AvgIpc) is 3.04. The fourth-order valence-corrected chi connectivity index (χ4v) is 4.21. The molecule has 0 N–H and O–H groups in total. The van der Waals surface area contributed by atoms with Crippen LogP contribution in [0.1, 0.15) is 16.7 Å². The molecule has 0 saturated carbocycles. The van der Waals surface area contributed by atoms with Crippen LogP contribution in [0.5, 0.6) is 5.75 Å². The topological polar surface area (TPSA) is 45.7 Å². The highest BCUT2D eigenvalue weighted by Gasteiger charge is 2.21. The van der Waals surface area contributed by atoms with E-state index >= 15 is 0 Å². The van der Waals surface area contributed by atoms with E-state index in [4.69, 9.17) is 9.72 Å². The van der Waals surface area contributed by atoms with Gasteiger partial charge in [0.25, 0.3) is 5.91 Å². The first-order valence-corrected chi connectivity index (χ1v) is 10.2. The number of halogens is 1. The first-order valence-electron chi connectivity index (χ1n) is 9.36. The number of thiazole rings is 1. The van der Waals surface area contributed by atoms with Gasteiger partial charge in [-0.1, -0.05) is 29.5 Å². The van der Waals surface area contributed by atoms with Crippen LogP contribution in [0.2, 0.25) is 0 Å². The quantitative estimate of drug-likeness (QED) is 0.545. The van der Waals surface area contributed by atoms with E-state index < -0.39 is 0 Å². The van der Waals surface area contributed by atoms with Crippen LogP contribution in [-0.2, 0) is 4.79 Å². The zero-order valence-corrected chi connectivity index (χ0v) is 19.2. The van der Waals surface area contributed by atoms with Crippen LogP contribution in [-0.4, -0.2) is 49.6 Å². The number of likely N-dealkylation sites (N-methyl/N-ethyl adjacent to an activating group) is 1. The van der Waals surface area contributed by atoms with E-state index in [1.54, 1.807) is 16.2 Å². The fraction of sp³-hybridized carbons (Fsp3) is 0.364. The number of aromatic nitrogens is 1. The number of fused-ring (bicyclic) bond motifs is 1. The summed E-state index contributed by atoms with van der Waals surface area (Å²) in [5.41, 5.74) is 4.40. The van der Waals surface area contributed by atoms with Crippen molar-refractivity contribution >= 4 is 45.0 Å². The minimum atomic E-state index is -0.0863. The standard InChI is InChI=1S/C22H27N3O2S.ClH/c1-15-7-6-8-18(12-15)27-14-20(26)25(10-9-24(4)5)22-23-21-17(3)11-16(2)13-19(21)28-22;/h6-8,11-13H,9-10,14H2,1-5H3;1H. The predicted molar refractivity (Wildman–Crippen MR) is 124 cm³/mol. The number of ether oxygens (including phenoxy) is 1. The molecule has 29 heavy (non-hydrogen) atoms. The third kappa shape index (κ3) is 5.92. The SMILES string of the molecule is Cc1cccc(OCC(=O)N(CCN(C)C)c2nc3c(C)cc(C)cc3s2)c1.Cl. The highest BCUT2D eigenvalue weighted by molar-refractivity contribution is 7.22. The van der Waals surface area contributed by atoms with Crippen molar-refractivity contribution in [1.29, 1.82) is 0 Å². The van der Waals surface area contributed by atoms with E-state index in [1.165, 1.54) is 5.56 Å². The molecular formula is C22H28ClN3O2S. The zero-order chi connectivity index (χ0) is 20.3. The minimum Gasteiger partial charge on any atom is -0.484 e. The average molecular weight is 434 g/mol. The lowest BCUT2D eigenvalue weighted by Gasteiger charge is -2.22. The Kier molecular flexibility index (Phi) is 8.02. The second-order valence-corrected chi connectivity index (χ2v) is 8.39. The van der Waals surface area contributed by atoms with Crippen LogP contribution >= 0.6 is 23.7 Å². The molecule has 5 nitrogen and oxygen atoms in total. The number of carbonyl (C=O) groups excluding carboxylic acids is 1. The van der Waals surface area contributed by atoms with Crippen LogP contribution in [0.4, 0.5) is 5.13 Å². The molecule has 1 aromatic heterocycles. The third-order valence-electron chi connectivity index (χ3n) is 4.47. The van der Waals surface area contributed by atoms with E-state index in [9.17, 15) is 4.79 Å². The van der Waals surface area contributed by atoms with Gasteiger partial charge in [-0.2, -0.15) is 0 Å². The monoisotopic (exact) mass is 433 g/mol. The smallest absolute Gasteiger partial charge is 0.266 e. The highest BCUT2D eigenvalue weighted by Crippen LogP contribution is 2.31. The Balaban J connectivity index is 0.00000300. The first kappa shape index (κ1) is 23.1. The number of aryl methyl sites for hydroxylation is 3. The van der Waals surface area contributed by atoms with Crippen molar-refractivity contribution in [2.75, 3.05) is 38.7 Å². The lowest BCUT2D eigenvalue weighted by atomic mass is 10.1. The molecule has 0 unspecified atom stereocenters. The Morgan fingerprint density at radius 1 is 1.07 bits per heavy atom. The van der Waals surface area contributed by atoms with E-state index in [-0.39, 0.29) is 24.9 Å². The lowest BCUT2D eigenvalue weighted by Crippen LogP contribution is -2.39. The van der Waals surface area contributed by atoms with E-state index in [1.807, 2.05) is 45.3 Å². The predicted octanol–water partition coefficient (Wildman–Crippen LogP) is 4.62. The Morgan fingerprint density at radius 3 is 2.52 bits per heavy atom. The molecule has 0 fully saturated rings. The van der Waals surface area contributed by atoms with Gasteiger partial charge in [0.05, 0.1) is 10.2 Å². The van der Waals surface area contributed by atoms with Crippen molar-refractivity contribution < 1.29 is 9.53 Å². The Hall–Kier alpha value is -2.15. The summed E-state index contributed by atoms with van der Waals surface area (Å²) in [5.74, 6) is 0.619. The van der Waals surface area contributed by atoms with Crippen LogP contribution < -0.4 is 9.64 Å². The molecule has 1 heterocycles. The molecule has 0 bridgehead atoms. The van der Waals surface area contributed by atoms with Crippen molar-refractivity contribution in [3.63, 3.8) is 0 Å². The number of hydrogen-bond donors (Lipinski definition) is 0. The summed E-state index contributed by atoms with van der Waals surface area (Å²) in [5, 5.41) is 0.725. The molecule has 0 radical (unpaired) electrons. The Morgan fingerprint density at radius 2 is 1.83 bits per heavy atom. The molecule has 3 rings (SSSR count). The fourth-order valence-electron chi connectivity index (χ4n) is 3.03. The third-order valence-corrected chi connectivity index (χ3v) is 5.50. The number of hydrogen-bond acceptors (Lipinski definition) is 5. The number of anilines is 1. The first-order chi connectivity index (χ1) is 13.3. The molecule has 0 aliphatic heterocycles. The second-order valence-electron chi connectivity index (χ2n) is 7.38. The molecule has 3 aromatic rings. The van der Waals surface area contributed by atoms with Crippen LogP contribution in [0.15, 0.2) is 36.4 Å². The van der Waals surface area contributed by atoms with Gasteiger partial charge in [0.15, 0.2) is 11.7 Å². The van der Waals surface area contributed by atoms with Crippen molar-refractivity contribution in [2.24, 2.45) is 0 Å². The van der Waals surface area contributed by atoms with Crippen molar-refractivity contribution in [1.82, 2.24) is 9.88 Å². The molecule has 0 spiro atoms. The number of benzene rings is 2. The van der Waals surface area contributed by atoms with Gasteiger partial charge in [-0.15, -0.1) is 12.4 Å². The van der Waals surface area contributed by atoms with Crippen LogP contribution in [0.3, 0.4) is 0 Å². The van der Waals surface area contributed by atoms with Crippen molar-refractivity contribution in [2.45, 2.75) is 20.8 Å². The maximum absolute atomic E-state index is 13.0. The van der Waals surface area contributed by atoms with Gasteiger partial charge in [-0.3, -0.25) is 9.69 Å². The molecule has 2 aromatic carbocycles.